The van der Waals surface area contributed by atoms with Gasteiger partial charge in [-0.2, -0.15) is 0 Å². The number of rotatable bonds is 6. The van der Waals surface area contributed by atoms with Crippen LogP contribution in [-0.4, -0.2) is 23.8 Å². The van der Waals surface area contributed by atoms with Crippen molar-refractivity contribution in [3.05, 3.63) is 71.5 Å². The van der Waals surface area contributed by atoms with Crippen molar-refractivity contribution < 1.29 is 9.18 Å². The van der Waals surface area contributed by atoms with Crippen LogP contribution in [-0.2, 0) is 6.54 Å². The van der Waals surface area contributed by atoms with E-state index in [0.29, 0.717) is 12.1 Å². The maximum absolute atomic E-state index is 12.8. The number of hydrogen-bond acceptors (Lipinski definition) is 2. The number of carbonyl (C=O) groups excluding carboxylic acids is 1. The van der Waals surface area contributed by atoms with Gasteiger partial charge in [0.15, 0.2) is 5.78 Å². The van der Waals surface area contributed by atoms with Crippen LogP contribution < -0.4 is 0 Å². The number of likely N-dealkylation sites (N-methyl/N-ethyl adjacent to an activating group) is 1. The molecule has 0 spiro atoms. The van der Waals surface area contributed by atoms with Crippen molar-refractivity contribution in [2.75, 3.05) is 13.1 Å². The fraction of sp³-hybridized carbons (Fsp3) is 0.235. The summed E-state index contributed by atoms with van der Waals surface area (Å²) in [5.41, 5.74) is 1.74. The second-order valence-corrected chi connectivity index (χ2v) is 4.72. The summed E-state index contributed by atoms with van der Waals surface area (Å²) in [6, 6.07) is 15.8. The van der Waals surface area contributed by atoms with E-state index in [9.17, 15) is 9.18 Å². The third-order valence-electron chi connectivity index (χ3n) is 3.23. The van der Waals surface area contributed by atoms with Crippen LogP contribution in [0.5, 0.6) is 0 Å². The van der Waals surface area contributed by atoms with Gasteiger partial charge in [-0.05, 0) is 36.4 Å². The molecule has 0 aliphatic rings. The maximum atomic E-state index is 12.8. The summed E-state index contributed by atoms with van der Waals surface area (Å²) in [6.45, 7) is 3.91. The molecule has 0 heterocycles. The molecule has 0 amide bonds. The lowest BCUT2D eigenvalue weighted by molar-refractivity contribution is 0.0929. The Labute approximate surface area is 118 Å². The van der Waals surface area contributed by atoms with Crippen LogP contribution in [0.15, 0.2) is 54.6 Å². The van der Waals surface area contributed by atoms with Crippen LogP contribution in [0.25, 0.3) is 0 Å². The van der Waals surface area contributed by atoms with E-state index < -0.39 is 0 Å². The third kappa shape index (κ3) is 4.00. The fourth-order valence-corrected chi connectivity index (χ4v) is 2.05. The molecule has 0 radical (unpaired) electrons. The van der Waals surface area contributed by atoms with E-state index in [1.165, 1.54) is 29.8 Å². The van der Waals surface area contributed by atoms with Crippen LogP contribution in [0, 0.1) is 5.82 Å². The van der Waals surface area contributed by atoms with Crippen molar-refractivity contribution in [1.82, 2.24) is 4.90 Å². The summed E-state index contributed by atoms with van der Waals surface area (Å²) in [7, 11) is 0. The highest BCUT2D eigenvalue weighted by Gasteiger charge is 2.11. The van der Waals surface area contributed by atoms with Gasteiger partial charge in [0.05, 0.1) is 6.54 Å². The minimum atomic E-state index is -0.321. The van der Waals surface area contributed by atoms with E-state index in [1.807, 2.05) is 37.3 Å². The van der Waals surface area contributed by atoms with Crippen molar-refractivity contribution in [3.8, 4) is 0 Å². The summed E-state index contributed by atoms with van der Waals surface area (Å²) < 4.78 is 12.8. The SMILES string of the molecule is CCN(CC(=O)c1ccc(F)cc1)Cc1ccccc1. The highest BCUT2D eigenvalue weighted by Crippen LogP contribution is 2.08. The number of carbonyl (C=O) groups is 1. The topological polar surface area (TPSA) is 20.3 Å². The molecular formula is C17H18FNO. The molecule has 2 aromatic rings. The number of nitrogens with zero attached hydrogens (tertiary/aromatic N) is 1. The second kappa shape index (κ2) is 6.96. The van der Waals surface area contributed by atoms with Gasteiger partial charge in [0.25, 0.3) is 0 Å². The average Bonchev–Trinajstić information content (AvgIpc) is 2.48. The van der Waals surface area contributed by atoms with Crippen molar-refractivity contribution in [2.45, 2.75) is 13.5 Å². The van der Waals surface area contributed by atoms with E-state index in [1.54, 1.807) is 0 Å². The van der Waals surface area contributed by atoms with Crippen molar-refractivity contribution in [2.24, 2.45) is 0 Å². The monoisotopic (exact) mass is 271 g/mol. The van der Waals surface area contributed by atoms with Crippen molar-refractivity contribution in [3.63, 3.8) is 0 Å². The van der Waals surface area contributed by atoms with E-state index in [-0.39, 0.29) is 11.6 Å². The van der Waals surface area contributed by atoms with E-state index in [4.69, 9.17) is 0 Å². The summed E-state index contributed by atoms with van der Waals surface area (Å²) >= 11 is 0. The van der Waals surface area contributed by atoms with E-state index in [2.05, 4.69) is 4.90 Å². The molecule has 0 bridgehead atoms. The number of benzene rings is 2. The predicted octanol–water partition coefficient (Wildman–Crippen LogP) is 3.53. The molecule has 20 heavy (non-hydrogen) atoms. The molecule has 0 saturated carbocycles. The van der Waals surface area contributed by atoms with Crippen molar-refractivity contribution >= 4 is 5.78 Å². The lowest BCUT2D eigenvalue weighted by Crippen LogP contribution is -2.29. The quantitative estimate of drug-likeness (QED) is 0.749. The summed E-state index contributed by atoms with van der Waals surface area (Å²) in [4.78, 5) is 14.2. The normalized spacial score (nSPS) is 10.8. The van der Waals surface area contributed by atoms with Gasteiger partial charge in [0.1, 0.15) is 5.82 Å². The zero-order valence-corrected chi connectivity index (χ0v) is 11.6. The standard InChI is InChI=1S/C17H18FNO/c1-2-19(12-14-6-4-3-5-7-14)13-17(20)15-8-10-16(18)11-9-15/h3-11H,2,12-13H2,1H3. The molecular weight excluding hydrogens is 253 g/mol. The zero-order chi connectivity index (χ0) is 14.4. The molecule has 0 unspecified atom stereocenters. The van der Waals surface area contributed by atoms with Crippen LogP contribution in [0.1, 0.15) is 22.8 Å². The molecule has 0 atom stereocenters. The molecule has 104 valence electrons. The third-order valence-corrected chi connectivity index (χ3v) is 3.23. The van der Waals surface area contributed by atoms with E-state index >= 15 is 0 Å². The number of hydrogen-bond donors (Lipinski definition) is 0. The highest BCUT2D eigenvalue weighted by atomic mass is 19.1. The number of Topliss-reactive ketones (excluding diaryl/α,β-unsaturated/α-hetero) is 1. The molecule has 2 aromatic carbocycles. The maximum Gasteiger partial charge on any atom is 0.176 e. The van der Waals surface area contributed by atoms with Crippen molar-refractivity contribution in [1.29, 1.82) is 0 Å². The van der Waals surface area contributed by atoms with Gasteiger partial charge in [-0.25, -0.2) is 4.39 Å². The first kappa shape index (κ1) is 14.4. The number of halogens is 1. The summed E-state index contributed by atoms with van der Waals surface area (Å²) in [6.07, 6.45) is 0. The minimum absolute atomic E-state index is 0.0165. The molecule has 0 saturated heterocycles. The van der Waals surface area contributed by atoms with Gasteiger partial charge in [0, 0.05) is 12.1 Å². The van der Waals surface area contributed by atoms with Gasteiger partial charge in [-0.15, -0.1) is 0 Å². The Hall–Kier alpha value is -2.00. The van der Waals surface area contributed by atoms with Crippen LogP contribution in [0.4, 0.5) is 4.39 Å². The Balaban J connectivity index is 1.99. The first-order chi connectivity index (χ1) is 9.69. The van der Waals surface area contributed by atoms with E-state index in [0.717, 1.165) is 13.1 Å². The van der Waals surface area contributed by atoms with Gasteiger partial charge in [-0.1, -0.05) is 37.3 Å². The lowest BCUT2D eigenvalue weighted by Gasteiger charge is -2.19. The Morgan fingerprint density at radius 2 is 1.70 bits per heavy atom. The first-order valence-electron chi connectivity index (χ1n) is 6.74. The number of ketones is 1. The predicted molar refractivity (Wildman–Crippen MR) is 78.1 cm³/mol. The lowest BCUT2D eigenvalue weighted by atomic mass is 10.1. The van der Waals surface area contributed by atoms with Crippen LogP contribution in [0.3, 0.4) is 0 Å². The molecule has 0 N–H and O–H groups in total. The first-order valence-corrected chi connectivity index (χ1v) is 6.74. The average molecular weight is 271 g/mol. The Bertz CT molecular complexity index is 551. The fourth-order valence-electron chi connectivity index (χ4n) is 2.05. The second-order valence-electron chi connectivity index (χ2n) is 4.72. The smallest absolute Gasteiger partial charge is 0.176 e. The van der Waals surface area contributed by atoms with Crippen LogP contribution >= 0.6 is 0 Å². The van der Waals surface area contributed by atoms with Crippen LogP contribution in [0.2, 0.25) is 0 Å². The largest absolute Gasteiger partial charge is 0.293 e. The molecule has 0 aromatic heterocycles. The molecule has 0 fully saturated rings. The summed E-state index contributed by atoms with van der Waals surface area (Å²) in [5.74, 6) is -0.305. The van der Waals surface area contributed by atoms with Gasteiger partial charge >= 0.3 is 0 Å². The molecule has 3 heteroatoms. The van der Waals surface area contributed by atoms with Gasteiger partial charge in [0.2, 0.25) is 0 Å². The van der Waals surface area contributed by atoms with Gasteiger partial charge < -0.3 is 0 Å². The molecule has 2 nitrogen and oxygen atoms in total. The molecule has 2 rings (SSSR count). The Morgan fingerprint density at radius 1 is 1.05 bits per heavy atom. The van der Waals surface area contributed by atoms with Gasteiger partial charge in [-0.3, -0.25) is 9.69 Å². The Kier molecular flexibility index (Phi) is 5.02. The highest BCUT2D eigenvalue weighted by molar-refractivity contribution is 5.97. The molecule has 0 aliphatic carbocycles. The Morgan fingerprint density at radius 3 is 2.30 bits per heavy atom. The summed E-state index contributed by atoms with van der Waals surface area (Å²) in [5, 5.41) is 0. The minimum Gasteiger partial charge on any atom is -0.293 e. The zero-order valence-electron chi connectivity index (χ0n) is 11.6. The molecule has 0 aliphatic heterocycles.